The summed E-state index contributed by atoms with van der Waals surface area (Å²) in [6, 6.07) is 6.59. The molecule has 0 aliphatic heterocycles. The van der Waals surface area contributed by atoms with Crippen LogP contribution in [-0.4, -0.2) is 51.4 Å². The third-order valence-corrected chi connectivity index (χ3v) is 5.96. The van der Waals surface area contributed by atoms with Gasteiger partial charge in [0.05, 0.1) is 19.7 Å². The van der Waals surface area contributed by atoms with E-state index in [1.165, 1.54) is 19.5 Å². The topological polar surface area (TPSA) is 111 Å². The molecule has 0 aliphatic rings. The highest BCUT2D eigenvalue weighted by Crippen LogP contribution is 2.32. The number of hydrogen-bond donors (Lipinski definition) is 2. The van der Waals surface area contributed by atoms with Crippen LogP contribution in [0.3, 0.4) is 0 Å². The van der Waals surface area contributed by atoms with Crippen LogP contribution in [0.25, 0.3) is 21.6 Å². The van der Waals surface area contributed by atoms with Gasteiger partial charge in [0.2, 0.25) is 5.88 Å². The molecule has 0 radical (unpaired) electrons. The van der Waals surface area contributed by atoms with Crippen LogP contribution in [0.2, 0.25) is 0 Å². The second-order valence-electron chi connectivity index (χ2n) is 6.83. The first kappa shape index (κ1) is 21.5. The third kappa shape index (κ3) is 3.94. The second-order valence-corrected chi connectivity index (χ2v) is 7.83. The van der Waals surface area contributed by atoms with Crippen molar-refractivity contribution in [3.05, 3.63) is 47.0 Å². The standard InChI is InChI=1S/C21H20FN5O4S/c1-11-8-12-15(30-2)5-4-13(22)17(12)27(11)7-6-23-16-9-14(24-10-25-16)20-26-19(31-3)18(32-20)21(28)29/h4-5,8-10H,6-7H2,1-3H3,(H,28,29)(H,23,24,25). The fourth-order valence-corrected chi connectivity index (χ4v) is 4.30. The van der Waals surface area contributed by atoms with Crippen LogP contribution in [-0.2, 0) is 6.54 Å². The number of nitrogens with zero attached hydrogens (tertiary/aromatic N) is 4. The molecule has 0 amide bonds. The Morgan fingerprint density at radius 2 is 2.06 bits per heavy atom. The van der Waals surface area contributed by atoms with Crippen molar-refractivity contribution in [3.8, 4) is 22.3 Å². The molecule has 3 heterocycles. The maximum Gasteiger partial charge on any atom is 0.351 e. The molecule has 0 unspecified atom stereocenters. The molecule has 3 aromatic heterocycles. The van der Waals surface area contributed by atoms with E-state index in [2.05, 4.69) is 20.3 Å². The SMILES string of the molecule is COc1nc(-c2cc(NCCn3c(C)cc4c(OC)ccc(F)c43)ncn2)sc1C(=O)O. The number of hydrogen-bond acceptors (Lipinski definition) is 8. The number of nitrogens with one attached hydrogen (secondary N) is 1. The molecule has 11 heteroatoms. The van der Waals surface area contributed by atoms with Crippen molar-refractivity contribution >= 4 is 34.0 Å². The molecule has 4 rings (SSSR count). The molecule has 4 aromatic rings. The number of fused-ring (bicyclic) bond motifs is 1. The smallest absolute Gasteiger partial charge is 0.351 e. The number of aromatic nitrogens is 4. The summed E-state index contributed by atoms with van der Waals surface area (Å²) in [4.78, 5) is 23.9. The van der Waals surface area contributed by atoms with E-state index in [1.807, 2.05) is 17.6 Å². The van der Waals surface area contributed by atoms with E-state index in [0.29, 0.717) is 40.9 Å². The number of carboxylic acids is 1. The molecule has 32 heavy (non-hydrogen) atoms. The van der Waals surface area contributed by atoms with Crippen molar-refractivity contribution in [1.82, 2.24) is 19.5 Å². The molecule has 2 N–H and O–H groups in total. The Hall–Kier alpha value is -3.73. The Morgan fingerprint density at radius 1 is 1.25 bits per heavy atom. The van der Waals surface area contributed by atoms with E-state index in [0.717, 1.165) is 22.4 Å². The lowest BCUT2D eigenvalue weighted by molar-refractivity contribution is 0.0698. The van der Waals surface area contributed by atoms with E-state index in [-0.39, 0.29) is 16.6 Å². The Kier molecular flexibility index (Phi) is 5.91. The normalized spacial score (nSPS) is 11.0. The second kappa shape index (κ2) is 8.79. The van der Waals surface area contributed by atoms with Gasteiger partial charge in [-0.3, -0.25) is 0 Å². The maximum absolute atomic E-state index is 14.5. The Bertz CT molecular complexity index is 1300. The fraction of sp³-hybridized carbons (Fsp3) is 0.238. The largest absolute Gasteiger partial charge is 0.496 e. The van der Waals surface area contributed by atoms with Gasteiger partial charge in [-0.1, -0.05) is 0 Å². The molecule has 9 nitrogen and oxygen atoms in total. The van der Waals surface area contributed by atoms with Crippen LogP contribution in [0, 0.1) is 12.7 Å². The van der Waals surface area contributed by atoms with Gasteiger partial charge in [0.1, 0.15) is 34.4 Å². The van der Waals surface area contributed by atoms with Crippen molar-refractivity contribution in [2.24, 2.45) is 0 Å². The molecule has 1 aromatic carbocycles. The Balaban J connectivity index is 1.53. The average molecular weight is 457 g/mol. The van der Waals surface area contributed by atoms with Crippen molar-refractivity contribution in [2.75, 3.05) is 26.1 Å². The molecular weight excluding hydrogens is 437 g/mol. The summed E-state index contributed by atoms with van der Waals surface area (Å²) in [6.45, 7) is 2.88. The number of carbonyl (C=O) groups is 1. The van der Waals surface area contributed by atoms with Gasteiger partial charge in [0.25, 0.3) is 0 Å². The van der Waals surface area contributed by atoms with Crippen LogP contribution in [0.15, 0.2) is 30.6 Å². The molecule has 0 bridgehead atoms. The molecule has 0 fully saturated rings. The van der Waals surface area contributed by atoms with E-state index in [9.17, 15) is 14.3 Å². The number of aryl methyl sites for hydroxylation is 1. The Morgan fingerprint density at radius 3 is 2.75 bits per heavy atom. The van der Waals surface area contributed by atoms with Gasteiger partial charge in [-0.25, -0.2) is 19.2 Å². The highest BCUT2D eigenvalue weighted by Gasteiger charge is 2.20. The molecule has 0 spiro atoms. The van der Waals surface area contributed by atoms with E-state index < -0.39 is 5.97 Å². The maximum atomic E-state index is 14.5. The number of halogens is 1. The van der Waals surface area contributed by atoms with Gasteiger partial charge in [-0.2, -0.15) is 4.98 Å². The van der Waals surface area contributed by atoms with Crippen LogP contribution in [0.5, 0.6) is 11.6 Å². The number of carboxylic acid groups (broad SMARTS) is 1. The van der Waals surface area contributed by atoms with Gasteiger partial charge in [0.15, 0.2) is 4.88 Å². The number of ether oxygens (including phenoxy) is 2. The van der Waals surface area contributed by atoms with Gasteiger partial charge < -0.3 is 24.5 Å². The summed E-state index contributed by atoms with van der Waals surface area (Å²) in [5, 5.41) is 13.6. The third-order valence-electron chi connectivity index (χ3n) is 4.91. The summed E-state index contributed by atoms with van der Waals surface area (Å²) < 4.78 is 26.8. The van der Waals surface area contributed by atoms with Crippen LogP contribution in [0.4, 0.5) is 10.2 Å². The zero-order chi connectivity index (χ0) is 22.8. The minimum Gasteiger partial charge on any atom is -0.496 e. The van der Waals surface area contributed by atoms with Crippen molar-refractivity contribution in [2.45, 2.75) is 13.5 Å². The molecule has 0 aliphatic carbocycles. The number of rotatable bonds is 8. The lowest BCUT2D eigenvalue weighted by atomic mass is 10.2. The quantitative estimate of drug-likeness (QED) is 0.411. The zero-order valence-electron chi connectivity index (χ0n) is 17.5. The van der Waals surface area contributed by atoms with E-state index >= 15 is 0 Å². The first-order valence-electron chi connectivity index (χ1n) is 9.59. The van der Waals surface area contributed by atoms with Gasteiger partial charge >= 0.3 is 5.97 Å². The van der Waals surface area contributed by atoms with Crippen molar-refractivity contribution < 1.29 is 23.8 Å². The number of benzene rings is 1. The zero-order valence-corrected chi connectivity index (χ0v) is 18.4. The average Bonchev–Trinajstić information content (AvgIpc) is 3.36. The molecule has 0 saturated heterocycles. The van der Waals surface area contributed by atoms with Gasteiger partial charge in [0, 0.05) is 30.2 Å². The van der Waals surface area contributed by atoms with Gasteiger partial charge in [-0.05, 0) is 25.1 Å². The summed E-state index contributed by atoms with van der Waals surface area (Å²) in [5.41, 5.74) is 1.87. The van der Waals surface area contributed by atoms with E-state index in [1.54, 1.807) is 19.2 Å². The lowest BCUT2D eigenvalue weighted by Crippen LogP contribution is -2.13. The first-order chi connectivity index (χ1) is 15.4. The number of thiazole rings is 1. The lowest BCUT2D eigenvalue weighted by Gasteiger charge is -2.11. The monoisotopic (exact) mass is 457 g/mol. The van der Waals surface area contributed by atoms with E-state index in [4.69, 9.17) is 9.47 Å². The minimum absolute atomic E-state index is 0.00281. The molecule has 166 valence electrons. The van der Waals surface area contributed by atoms with Crippen LogP contribution in [0.1, 0.15) is 15.4 Å². The first-order valence-corrected chi connectivity index (χ1v) is 10.4. The highest BCUT2D eigenvalue weighted by molar-refractivity contribution is 7.17. The number of methoxy groups -OCH3 is 2. The summed E-state index contributed by atoms with van der Waals surface area (Å²) >= 11 is 0.973. The number of anilines is 1. The van der Waals surface area contributed by atoms with Crippen molar-refractivity contribution in [3.63, 3.8) is 0 Å². The van der Waals surface area contributed by atoms with Crippen LogP contribution >= 0.6 is 11.3 Å². The molecular formula is C21H20FN5O4S. The molecule has 0 atom stereocenters. The van der Waals surface area contributed by atoms with Crippen LogP contribution < -0.4 is 14.8 Å². The summed E-state index contributed by atoms with van der Waals surface area (Å²) in [7, 11) is 2.93. The fourth-order valence-electron chi connectivity index (χ4n) is 3.46. The highest BCUT2D eigenvalue weighted by atomic mass is 32.1. The predicted molar refractivity (Wildman–Crippen MR) is 118 cm³/mol. The number of aromatic carboxylic acids is 1. The Labute approximate surface area is 186 Å². The summed E-state index contributed by atoms with van der Waals surface area (Å²) in [6.07, 6.45) is 1.37. The van der Waals surface area contributed by atoms with Gasteiger partial charge in [-0.15, -0.1) is 11.3 Å². The molecule has 0 saturated carbocycles. The van der Waals surface area contributed by atoms with Crippen molar-refractivity contribution in [1.29, 1.82) is 0 Å². The predicted octanol–water partition coefficient (Wildman–Crippen LogP) is 3.83. The summed E-state index contributed by atoms with van der Waals surface area (Å²) in [5.74, 6) is -0.233. The minimum atomic E-state index is -1.11.